The van der Waals surface area contributed by atoms with E-state index in [1.807, 2.05) is 38.1 Å². The molecular weight excluding hydrogens is 252 g/mol. The molecule has 0 bridgehead atoms. The molecule has 0 aliphatic heterocycles. The molecule has 2 rings (SSSR count). The number of benzene rings is 1. The first kappa shape index (κ1) is 14.7. The van der Waals surface area contributed by atoms with Gasteiger partial charge in [-0.05, 0) is 51.7 Å². The third-order valence-corrected chi connectivity index (χ3v) is 3.78. The number of ether oxygens (including phenoxy) is 1. The van der Waals surface area contributed by atoms with E-state index in [4.69, 9.17) is 4.74 Å². The predicted molar refractivity (Wildman–Crippen MR) is 81.3 cm³/mol. The average molecular weight is 276 g/mol. The number of carbonyl (C=O) groups is 1. The summed E-state index contributed by atoms with van der Waals surface area (Å²) in [7, 11) is 0. The summed E-state index contributed by atoms with van der Waals surface area (Å²) < 4.78 is 6.02. The van der Waals surface area contributed by atoms with Crippen molar-refractivity contribution in [2.75, 3.05) is 18.4 Å². The highest BCUT2D eigenvalue weighted by Gasteiger charge is 2.19. The van der Waals surface area contributed by atoms with E-state index in [1.54, 1.807) is 4.90 Å². The Morgan fingerprint density at radius 1 is 1.25 bits per heavy atom. The predicted octanol–water partition coefficient (Wildman–Crippen LogP) is 3.88. The van der Waals surface area contributed by atoms with Gasteiger partial charge in [0.2, 0.25) is 0 Å². The molecule has 4 heteroatoms. The molecule has 1 aromatic rings. The van der Waals surface area contributed by atoms with E-state index in [1.165, 1.54) is 12.8 Å². The summed E-state index contributed by atoms with van der Waals surface area (Å²) in [6.07, 6.45) is 4.98. The second kappa shape index (κ2) is 7.17. The van der Waals surface area contributed by atoms with Gasteiger partial charge in [-0.15, -0.1) is 0 Å². The summed E-state index contributed by atoms with van der Waals surface area (Å²) in [6.45, 7) is 5.36. The molecule has 0 aromatic heterocycles. The first-order chi connectivity index (χ1) is 9.74. The van der Waals surface area contributed by atoms with Crippen molar-refractivity contribution >= 4 is 11.7 Å². The largest absolute Gasteiger partial charge is 0.488 e. The molecule has 1 fully saturated rings. The number of urea groups is 1. The van der Waals surface area contributed by atoms with Crippen molar-refractivity contribution in [2.24, 2.45) is 0 Å². The molecule has 110 valence electrons. The molecule has 4 nitrogen and oxygen atoms in total. The van der Waals surface area contributed by atoms with Gasteiger partial charge in [0, 0.05) is 13.1 Å². The van der Waals surface area contributed by atoms with Gasteiger partial charge in [-0.3, -0.25) is 0 Å². The normalized spacial score (nSPS) is 15.1. The summed E-state index contributed by atoms with van der Waals surface area (Å²) in [4.78, 5) is 13.9. The lowest BCUT2D eigenvalue weighted by molar-refractivity contribution is 0.208. The number of hydrogen-bond donors (Lipinski definition) is 1. The van der Waals surface area contributed by atoms with Crippen LogP contribution in [0, 0.1) is 0 Å². The molecule has 0 unspecified atom stereocenters. The summed E-state index contributed by atoms with van der Waals surface area (Å²) in [5.74, 6) is 0.778. The van der Waals surface area contributed by atoms with Crippen LogP contribution >= 0.6 is 0 Å². The number of anilines is 1. The number of carbonyl (C=O) groups excluding carboxylic acids is 1. The monoisotopic (exact) mass is 276 g/mol. The van der Waals surface area contributed by atoms with E-state index in [2.05, 4.69) is 5.32 Å². The number of nitrogens with one attached hydrogen (secondary N) is 1. The molecule has 1 aliphatic rings. The first-order valence-corrected chi connectivity index (χ1v) is 7.56. The Morgan fingerprint density at radius 3 is 2.55 bits per heavy atom. The summed E-state index contributed by atoms with van der Waals surface area (Å²) in [5.41, 5.74) is 0.760. The number of rotatable bonds is 5. The van der Waals surface area contributed by atoms with E-state index in [0.717, 1.165) is 24.3 Å². The summed E-state index contributed by atoms with van der Waals surface area (Å²) >= 11 is 0. The van der Waals surface area contributed by atoms with Gasteiger partial charge in [-0.1, -0.05) is 12.1 Å². The molecule has 0 atom stereocenters. The van der Waals surface area contributed by atoms with E-state index in [0.29, 0.717) is 19.2 Å². The van der Waals surface area contributed by atoms with Crippen LogP contribution in [-0.2, 0) is 0 Å². The second-order valence-corrected chi connectivity index (χ2v) is 5.12. The van der Waals surface area contributed by atoms with Crippen LogP contribution in [0.2, 0.25) is 0 Å². The molecule has 20 heavy (non-hydrogen) atoms. The summed E-state index contributed by atoms with van der Waals surface area (Å²) in [5, 5.41) is 2.95. The molecule has 0 heterocycles. The number of nitrogens with zero attached hydrogens (tertiary/aromatic N) is 1. The maximum absolute atomic E-state index is 12.1. The Balaban J connectivity index is 2.05. The maximum Gasteiger partial charge on any atom is 0.321 e. The fourth-order valence-corrected chi connectivity index (χ4v) is 2.56. The van der Waals surface area contributed by atoms with E-state index in [-0.39, 0.29) is 6.03 Å². The number of amides is 2. The Labute approximate surface area is 121 Å². The van der Waals surface area contributed by atoms with E-state index < -0.39 is 0 Å². The minimum Gasteiger partial charge on any atom is -0.488 e. The third kappa shape index (κ3) is 3.65. The van der Waals surface area contributed by atoms with Crippen LogP contribution in [0.15, 0.2) is 24.3 Å². The van der Waals surface area contributed by atoms with E-state index >= 15 is 0 Å². The topological polar surface area (TPSA) is 41.6 Å². The molecule has 2 amide bonds. The van der Waals surface area contributed by atoms with Crippen molar-refractivity contribution in [1.29, 1.82) is 0 Å². The van der Waals surface area contributed by atoms with Gasteiger partial charge < -0.3 is 15.0 Å². The van der Waals surface area contributed by atoms with Crippen LogP contribution in [0.5, 0.6) is 5.75 Å². The fraction of sp³-hybridized carbons (Fsp3) is 0.562. The quantitative estimate of drug-likeness (QED) is 0.886. The van der Waals surface area contributed by atoms with Crippen molar-refractivity contribution < 1.29 is 9.53 Å². The molecule has 0 radical (unpaired) electrons. The lowest BCUT2D eigenvalue weighted by Crippen LogP contribution is -2.34. The van der Waals surface area contributed by atoms with Gasteiger partial charge in [0.25, 0.3) is 0 Å². The number of hydrogen-bond acceptors (Lipinski definition) is 2. The van der Waals surface area contributed by atoms with Crippen LogP contribution in [-0.4, -0.2) is 30.1 Å². The molecule has 1 aliphatic carbocycles. The fourth-order valence-electron chi connectivity index (χ4n) is 2.56. The zero-order valence-corrected chi connectivity index (χ0v) is 12.4. The van der Waals surface area contributed by atoms with Crippen LogP contribution in [0.1, 0.15) is 39.5 Å². The molecule has 1 saturated carbocycles. The van der Waals surface area contributed by atoms with Gasteiger partial charge in [-0.25, -0.2) is 4.79 Å². The van der Waals surface area contributed by atoms with E-state index in [9.17, 15) is 4.79 Å². The second-order valence-electron chi connectivity index (χ2n) is 5.12. The Bertz CT molecular complexity index is 438. The van der Waals surface area contributed by atoms with Crippen LogP contribution < -0.4 is 10.1 Å². The molecule has 1 N–H and O–H groups in total. The van der Waals surface area contributed by atoms with Crippen LogP contribution in [0.4, 0.5) is 10.5 Å². The van der Waals surface area contributed by atoms with Gasteiger partial charge in [0.05, 0.1) is 11.8 Å². The maximum atomic E-state index is 12.1. The van der Waals surface area contributed by atoms with Gasteiger partial charge in [0.15, 0.2) is 0 Å². The Hall–Kier alpha value is -1.71. The zero-order valence-electron chi connectivity index (χ0n) is 12.4. The highest BCUT2D eigenvalue weighted by Crippen LogP contribution is 2.29. The van der Waals surface area contributed by atoms with Crippen molar-refractivity contribution in [1.82, 2.24) is 4.90 Å². The molecule has 1 aromatic carbocycles. The van der Waals surface area contributed by atoms with Crippen LogP contribution in [0.25, 0.3) is 0 Å². The minimum absolute atomic E-state index is 0.0718. The minimum atomic E-state index is -0.0718. The van der Waals surface area contributed by atoms with Crippen molar-refractivity contribution in [2.45, 2.75) is 45.6 Å². The highest BCUT2D eigenvalue weighted by atomic mass is 16.5. The molecule has 0 spiro atoms. The van der Waals surface area contributed by atoms with Crippen molar-refractivity contribution in [3.05, 3.63) is 24.3 Å². The van der Waals surface area contributed by atoms with Crippen molar-refractivity contribution in [3.8, 4) is 5.75 Å². The van der Waals surface area contributed by atoms with Crippen LogP contribution in [0.3, 0.4) is 0 Å². The summed E-state index contributed by atoms with van der Waals surface area (Å²) in [6, 6.07) is 7.61. The van der Waals surface area contributed by atoms with Crippen molar-refractivity contribution in [3.63, 3.8) is 0 Å². The Kier molecular flexibility index (Phi) is 5.27. The lowest BCUT2D eigenvalue weighted by Gasteiger charge is -2.21. The molecular formula is C16H24N2O2. The van der Waals surface area contributed by atoms with Gasteiger partial charge in [0.1, 0.15) is 5.75 Å². The van der Waals surface area contributed by atoms with Gasteiger partial charge >= 0.3 is 6.03 Å². The first-order valence-electron chi connectivity index (χ1n) is 7.56. The zero-order chi connectivity index (χ0) is 14.4. The Morgan fingerprint density at radius 2 is 1.90 bits per heavy atom. The lowest BCUT2D eigenvalue weighted by atomic mass is 10.2. The number of para-hydroxylation sites is 2. The highest BCUT2D eigenvalue weighted by molar-refractivity contribution is 5.90. The molecule has 0 saturated heterocycles. The average Bonchev–Trinajstić information content (AvgIpc) is 2.95. The van der Waals surface area contributed by atoms with Gasteiger partial charge in [-0.2, -0.15) is 0 Å². The standard InChI is InChI=1S/C16H24N2O2/c1-3-18(4-2)16(19)17-14-11-7-8-12-15(14)20-13-9-5-6-10-13/h7-8,11-13H,3-6,9-10H2,1-2H3,(H,17,19). The SMILES string of the molecule is CCN(CC)C(=O)Nc1ccccc1OC1CCCC1. The smallest absolute Gasteiger partial charge is 0.321 e. The third-order valence-electron chi connectivity index (χ3n) is 3.78.